The first-order valence-electron chi connectivity index (χ1n) is 8.80. The van der Waals surface area contributed by atoms with Gasteiger partial charge in [-0.25, -0.2) is 4.39 Å². The van der Waals surface area contributed by atoms with Crippen molar-refractivity contribution in [3.05, 3.63) is 65.5 Å². The maximum Gasteiger partial charge on any atom is 0.452 e. The zero-order valence-corrected chi connectivity index (χ0v) is 15.6. The Balaban J connectivity index is 1.84. The number of halogens is 1. The van der Waals surface area contributed by atoms with E-state index in [0.717, 1.165) is 16.7 Å². The number of rotatable bonds is 3. The van der Waals surface area contributed by atoms with E-state index in [1.165, 1.54) is 16.5 Å². The van der Waals surface area contributed by atoms with Crippen molar-refractivity contribution >= 4 is 34.7 Å². The van der Waals surface area contributed by atoms with E-state index in [2.05, 4.69) is 60.2 Å². The van der Waals surface area contributed by atoms with Crippen LogP contribution in [0.3, 0.4) is 0 Å². The van der Waals surface area contributed by atoms with Gasteiger partial charge < -0.3 is 14.4 Å². The van der Waals surface area contributed by atoms with Crippen LogP contribution < -0.4 is 15.2 Å². The minimum Gasteiger partial charge on any atom is -0.409 e. The molecule has 0 amide bonds. The van der Waals surface area contributed by atoms with Crippen molar-refractivity contribution in [3.63, 3.8) is 0 Å². The van der Waals surface area contributed by atoms with Crippen molar-refractivity contribution in [1.82, 2.24) is 0 Å². The highest BCUT2D eigenvalue weighted by atomic mass is 19.1. The smallest absolute Gasteiger partial charge is 0.409 e. The molecule has 132 valence electrons. The number of nitrogens with zero attached hydrogens (tertiary/aromatic N) is 2. The van der Waals surface area contributed by atoms with Crippen LogP contribution in [0.1, 0.15) is 11.1 Å². The van der Waals surface area contributed by atoms with Crippen molar-refractivity contribution < 1.29 is 9.04 Å². The zero-order chi connectivity index (χ0) is 18.4. The van der Waals surface area contributed by atoms with E-state index in [0.29, 0.717) is 12.2 Å². The van der Waals surface area contributed by atoms with Gasteiger partial charge in [0.25, 0.3) is 0 Å². The van der Waals surface area contributed by atoms with E-state index in [4.69, 9.17) is 4.65 Å². The number of fused-ring (bicyclic) bond motifs is 2. The monoisotopic (exact) mass is 348 g/mol. The van der Waals surface area contributed by atoms with Gasteiger partial charge in [0.05, 0.1) is 6.61 Å². The molecule has 0 saturated heterocycles. The SMILES string of the molecule is Cc1cc2c(cc1F)COB2N(C)c1cccc2cccc(N(C)C)c12. The molecule has 3 aromatic rings. The van der Waals surface area contributed by atoms with E-state index in [1.807, 2.05) is 13.1 Å². The van der Waals surface area contributed by atoms with Gasteiger partial charge in [0.2, 0.25) is 0 Å². The van der Waals surface area contributed by atoms with Crippen molar-refractivity contribution in [2.45, 2.75) is 13.5 Å². The van der Waals surface area contributed by atoms with Crippen LogP contribution in [0.15, 0.2) is 48.5 Å². The molecule has 0 bridgehead atoms. The summed E-state index contributed by atoms with van der Waals surface area (Å²) < 4.78 is 19.9. The molecule has 0 radical (unpaired) electrons. The molecule has 1 aliphatic heterocycles. The average Bonchev–Trinajstić information content (AvgIpc) is 3.03. The predicted octanol–water partition coefficient (Wildman–Crippen LogP) is 3.72. The van der Waals surface area contributed by atoms with Crippen molar-refractivity contribution in [2.24, 2.45) is 0 Å². The van der Waals surface area contributed by atoms with Crippen molar-refractivity contribution in [2.75, 3.05) is 30.9 Å². The largest absolute Gasteiger partial charge is 0.452 e. The van der Waals surface area contributed by atoms with Crippen LogP contribution in [-0.2, 0) is 11.3 Å². The highest BCUT2D eigenvalue weighted by Crippen LogP contribution is 2.35. The maximum absolute atomic E-state index is 13.9. The summed E-state index contributed by atoms with van der Waals surface area (Å²) in [5, 5.41) is 2.38. The molecular weight excluding hydrogens is 326 g/mol. The van der Waals surface area contributed by atoms with Crippen LogP contribution in [0.5, 0.6) is 0 Å². The zero-order valence-electron chi connectivity index (χ0n) is 15.6. The van der Waals surface area contributed by atoms with Crippen LogP contribution >= 0.6 is 0 Å². The second-order valence-corrected chi connectivity index (χ2v) is 7.12. The van der Waals surface area contributed by atoms with Crippen molar-refractivity contribution in [1.29, 1.82) is 0 Å². The molecule has 0 fully saturated rings. The first-order valence-corrected chi connectivity index (χ1v) is 8.80. The van der Waals surface area contributed by atoms with Gasteiger partial charge in [0.15, 0.2) is 0 Å². The molecule has 3 aromatic carbocycles. The van der Waals surface area contributed by atoms with Crippen LogP contribution in [0.25, 0.3) is 10.8 Å². The molecule has 0 spiro atoms. The van der Waals surface area contributed by atoms with Gasteiger partial charge in [-0.2, -0.15) is 0 Å². The van der Waals surface area contributed by atoms with Crippen LogP contribution in [0.2, 0.25) is 0 Å². The minimum atomic E-state index is -0.217. The van der Waals surface area contributed by atoms with Gasteiger partial charge >= 0.3 is 7.05 Å². The lowest BCUT2D eigenvalue weighted by molar-refractivity contribution is 0.329. The molecule has 0 unspecified atom stereocenters. The predicted molar refractivity (Wildman–Crippen MR) is 108 cm³/mol. The number of hydrogen-bond acceptors (Lipinski definition) is 3. The average molecular weight is 348 g/mol. The Morgan fingerprint density at radius 3 is 2.38 bits per heavy atom. The summed E-state index contributed by atoms with van der Waals surface area (Å²) in [6.07, 6.45) is 0. The van der Waals surface area contributed by atoms with E-state index < -0.39 is 0 Å². The molecule has 0 aromatic heterocycles. The lowest BCUT2D eigenvalue weighted by atomic mass is 9.70. The summed E-state index contributed by atoms with van der Waals surface area (Å²) in [5.74, 6) is -0.171. The topological polar surface area (TPSA) is 15.7 Å². The summed E-state index contributed by atoms with van der Waals surface area (Å²) in [6, 6.07) is 16.2. The summed E-state index contributed by atoms with van der Waals surface area (Å²) in [5.41, 5.74) is 4.90. The molecule has 1 aliphatic rings. The van der Waals surface area contributed by atoms with E-state index in [-0.39, 0.29) is 12.9 Å². The Hall–Kier alpha value is -2.53. The fourth-order valence-corrected chi connectivity index (χ4v) is 3.77. The summed E-state index contributed by atoms with van der Waals surface area (Å²) in [6.45, 7) is 2.24. The first kappa shape index (κ1) is 16.9. The highest BCUT2D eigenvalue weighted by molar-refractivity contribution is 6.72. The van der Waals surface area contributed by atoms with Gasteiger partial charge in [-0.15, -0.1) is 0 Å². The Kier molecular flexibility index (Phi) is 4.12. The standard InChI is InChI=1S/C21H22BFN2O/c1-14-11-17-16(12-18(14)23)13-26-22(17)25(4)20-10-6-8-15-7-5-9-19(21(15)20)24(2)3/h5-12H,13H2,1-4H3. The first-order chi connectivity index (χ1) is 12.5. The Labute approximate surface area is 154 Å². The molecular formula is C21H22BFN2O. The second-order valence-electron chi connectivity index (χ2n) is 7.12. The molecule has 3 nitrogen and oxygen atoms in total. The Morgan fingerprint density at radius 2 is 1.69 bits per heavy atom. The second kappa shape index (κ2) is 6.33. The lowest BCUT2D eigenvalue weighted by Gasteiger charge is -2.27. The molecule has 4 rings (SSSR count). The number of anilines is 2. The molecule has 0 aliphatic carbocycles. The van der Waals surface area contributed by atoms with Gasteiger partial charge in [0, 0.05) is 30.9 Å². The van der Waals surface area contributed by atoms with Crippen LogP contribution in [0, 0.1) is 12.7 Å². The number of aryl methyl sites for hydroxylation is 1. The van der Waals surface area contributed by atoms with E-state index in [9.17, 15) is 4.39 Å². The fourth-order valence-electron chi connectivity index (χ4n) is 3.77. The normalized spacial score (nSPS) is 13.2. The molecule has 1 heterocycles. The molecule has 5 heteroatoms. The number of benzene rings is 3. The van der Waals surface area contributed by atoms with Crippen LogP contribution in [0.4, 0.5) is 15.8 Å². The lowest BCUT2D eigenvalue weighted by Crippen LogP contribution is -2.46. The minimum absolute atomic E-state index is 0.171. The maximum atomic E-state index is 13.9. The third-order valence-electron chi connectivity index (χ3n) is 5.16. The Morgan fingerprint density at radius 1 is 1.00 bits per heavy atom. The van der Waals surface area contributed by atoms with Gasteiger partial charge in [0.1, 0.15) is 5.82 Å². The highest BCUT2D eigenvalue weighted by Gasteiger charge is 2.35. The van der Waals surface area contributed by atoms with E-state index >= 15 is 0 Å². The van der Waals surface area contributed by atoms with Crippen LogP contribution in [-0.4, -0.2) is 28.2 Å². The summed E-state index contributed by atoms with van der Waals surface area (Å²) >= 11 is 0. The Bertz CT molecular complexity index is 984. The fraction of sp³-hybridized carbons (Fsp3) is 0.238. The molecule has 26 heavy (non-hydrogen) atoms. The quantitative estimate of drug-likeness (QED) is 0.671. The number of hydrogen-bond donors (Lipinski definition) is 0. The van der Waals surface area contributed by atoms with Gasteiger partial charge in [-0.3, -0.25) is 0 Å². The molecule has 0 N–H and O–H groups in total. The summed E-state index contributed by atoms with van der Waals surface area (Å²) in [4.78, 5) is 4.28. The van der Waals surface area contributed by atoms with Crippen molar-refractivity contribution in [3.8, 4) is 0 Å². The van der Waals surface area contributed by atoms with Gasteiger partial charge in [-0.05, 0) is 54.1 Å². The third kappa shape index (κ3) is 2.63. The van der Waals surface area contributed by atoms with Gasteiger partial charge in [-0.1, -0.05) is 30.3 Å². The third-order valence-corrected chi connectivity index (χ3v) is 5.16. The van der Waals surface area contributed by atoms with E-state index in [1.54, 1.807) is 13.0 Å². The summed E-state index contributed by atoms with van der Waals surface area (Å²) in [7, 11) is 5.93. The molecule has 0 atom stereocenters. The molecule has 0 saturated carbocycles.